The van der Waals surface area contributed by atoms with Gasteiger partial charge in [0.05, 0.1) is 5.75 Å². The lowest BCUT2D eigenvalue weighted by atomic mass is 9.98. The molecule has 1 aliphatic rings. The van der Waals surface area contributed by atoms with Gasteiger partial charge in [0, 0.05) is 23.1 Å². The van der Waals surface area contributed by atoms with Gasteiger partial charge in [0.25, 0.3) is 0 Å². The number of amides is 1. The van der Waals surface area contributed by atoms with Gasteiger partial charge in [0.2, 0.25) is 9.05 Å². The van der Waals surface area contributed by atoms with Gasteiger partial charge < -0.3 is 10.1 Å². The molecule has 0 radical (unpaired) electrons. The number of benzene rings is 2. The van der Waals surface area contributed by atoms with Crippen molar-refractivity contribution in [1.29, 1.82) is 0 Å². The molecule has 0 aromatic heterocycles. The van der Waals surface area contributed by atoms with Crippen molar-refractivity contribution in [2.75, 3.05) is 18.9 Å². The summed E-state index contributed by atoms with van der Waals surface area (Å²) < 4.78 is 27.0. The van der Waals surface area contributed by atoms with Crippen LogP contribution < -0.4 is 5.32 Å². The Hall–Kier alpha value is -2.05. The summed E-state index contributed by atoms with van der Waals surface area (Å²) in [6.45, 7) is 0.427. The van der Waals surface area contributed by atoms with Crippen LogP contribution in [0.5, 0.6) is 0 Å². The molecule has 132 valence electrons. The van der Waals surface area contributed by atoms with E-state index in [4.69, 9.17) is 15.4 Å². The first-order valence-corrected chi connectivity index (χ1v) is 10.4. The van der Waals surface area contributed by atoms with E-state index in [2.05, 4.69) is 17.4 Å². The summed E-state index contributed by atoms with van der Waals surface area (Å²) in [6.07, 6.45) is -0.315. The van der Waals surface area contributed by atoms with E-state index in [9.17, 15) is 13.2 Å². The van der Waals surface area contributed by atoms with Crippen molar-refractivity contribution in [2.24, 2.45) is 0 Å². The van der Waals surface area contributed by atoms with Crippen LogP contribution in [0.2, 0.25) is 0 Å². The molecule has 0 fully saturated rings. The number of hydrogen-bond donors (Lipinski definition) is 1. The van der Waals surface area contributed by atoms with E-state index in [-0.39, 0.29) is 31.2 Å². The molecule has 1 N–H and O–H groups in total. The highest BCUT2D eigenvalue weighted by Crippen LogP contribution is 2.44. The molecule has 0 spiro atoms. The molecule has 7 heteroatoms. The van der Waals surface area contributed by atoms with Crippen molar-refractivity contribution in [2.45, 2.75) is 12.3 Å². The Morgan fingerprint density at radius 2 is 1.60 bits per heavy atom. The molecule has 0 bridgehead atoms. The van der Waals surface area contributed by atoms with E-state index >= 15 is 0 Å². The van der Waals surface area contributed by atoms with E-state index in [1.165, 1.54) is 11.1 Å². The summed E-state index contributed by atoms with van der Waals surface area (Å²) in [5, 5.41) is 2.54. The molecule has 0 heterocycles. The first-order valence-electron chi connectivity index (χ1n) is 7.97. The van der Waals surface area contributed by atoms with Crippen LogP contribution in [0.4, 0.5) is 4.79 Å². The second kappa shape index (κ2) is 7.45. The van der Waals surface area contributed by atoms with Crippen LogP contribution in [-0.4, -0.2) is 33.4 Å². The maximum Gasteiger partial charge on any atom is 0.407 e. The summed E-state index contributed by atoms with van der Waals surface area (Å²) in [7, 11) is 1.59. The molecule has 0 unspecified atom stereocenters. The highest BCUT2D eigenvalue weighted by Gasteiger charge is 2.28. The number of carbonyl (C=O) groups is 1. The third kappa shape index (κ3) is 4.32. The third-order valence-electron chi connectivity index (χ3n) is 4.18. The highest BCUT2D eigenvalue weighted by atomic mass is 35.7. The van der Waals surface area contributed by atoms with Gasteiger partial charge in [-0.2, -0.15) is 0 Å². The Kier molecular flexibility index (Phi) is 5.30. The normalized spacial score (nSPS) is 13.2. The summed E-state index contributed by atoms with van der Waals surface area (Å²) >= 11 is 0. The first kappa shape index (κ1) is 17.8. The second-order valence-electron chi connectivity index (χ2n) is 5.85. The fourth-order valence-corrected chi connectivity index (χ4v) is 3.90. The van der Waals surface area contributed by atoms with Gasteiger partial charge in [-0.1, -0.05) is 48.5 Å². The number of ether oxygens (including phenoxy) is 1. The number of alkyl carbamates (subject to hydrolysis) is 1. The number of hydrogen-bond acceptors (Lipinski definition) is 4. The van der Waals surface area contributed by atoms with E-state index in [0.717, 1.165) is 11.1 Å². The summed E-state index contributed by atoms with van der Waals surface area (Å²) in [4.78, 5) is 11.8. The SMILES string of the molecule is O=C(NCCCS(=O)(=O)Cl)OCC1c2ccccc2-c2ccccc21. The van der Waals surface area contributed by atoms with Crippen LogP contribution in [-0.2, 0) is 13.8 Å². The number of fused-ring (bicyclic) bond motifs is 3. The van der Waals surface area contributed by atoms with Crippen LogP contribution in [0.15, 0.2) is 48.5 Å². The topological polar surface area (TPSA) is 72.5 Å². The predicted octanol–water partition coefficient (Wildman–Crippen LogP) is 3.48. The Bertz CT molecular complexity index is 837. The van der Waals surface area contributed by atoms with Crippen molar-refractivity contribution >= 4 is 25.8 Å². The Morgan fingerprint density at radius 3 is 2.16 bits per heavy atom. The molecule has 0 saturated carbocycles. The fourth-order valence-electron chi connectivity index (χ4n) is 3.08. The molecule has 2 aromatic rings. The van der Waals surface area contributed by atoms with Crippen molar-refractivity contribution in [3.63, 3.8) is 0 Å². The number of rotatable bonds is 6. The third-order valence-corrected chi connectivity index (χ3v) is 5.42. The van der Waals surface area contributed by atoms with Crippen molar-refractivity contribution in [3.8, 4) is 11.1 Å². The van der Waals surface area contributed by atoms with Crippen LogP contribution in [0.25, 0.3) is 11.1 Å². The lowest BCUT2D eigenvalue weighted by Crippen LogP contribution is -2.27. The standard InChI is InChI=1S/C18H18ClNO4S/c19-25(22,23)11-5-10-20-18(21)24-12-17-15-8-3-1-6-13(15)14-7-2-4-9-16(14)17/h1-4,6-9,17H,5,10-12H2,(H,20,21). The molecule has 5 nitrogen and oxygen atoms in total. The molecule has 0 saturated heterocycles. The van der Waals surface area contributed by atoms with E-state index in [1.807, 2.05) is 36.4 Å². The molecule has 25 heavy (non-hydrogen) atoms. The molecule has 0 aliphatic heterocycles. The average molecular weight is 380 g/mol. The molecule has 3 rings (SSSR count). The molecule has 0 atom stereocenters. The average Bonchev–Trinajstić information content (AvgIpc) is 2.90. The maximum atomic E-state index is 11.8. The van der Waals surface area contributed by atoms with E-state index < -0.39 is 15.1 Å². The zero-order chi connectivity index (χ0) is 17.9. The van der Waals surface area contributed by atoms with Crippen LogP contribution in [0.3, 0.4) is 0 Å². The monoisotopic (exact) mass is 379 g/mol. The van der Waals surface area contributed by atoms with Crippen LogP contribution in [0, 0.1) is 0 Å². The molecular formula is C18H18ClNO4S. The van der Waals surface area contributed by atoms with Crippen molar-refractivity contribution in [1.82, 2.24) is 5.32 Å². The van der Waals surface area contributed by atoms with Gasteiger partial charge in [0.1, 0.15) is 6.61 Å². The maximum absolute atomic E-state index is 11.8. The number of nitrogens with one attached hydrogen (secondary N) is 1. The zero-order valence-corrected chi connectivity index (χ0v) is 15.0. The largest absolute Gasteiger partial charge is 0.449 e. The van der Waals surface area contributed by atoms with Crippen LogP contribution >= 0.6 is 10.7 Å². The minimum Gasteiger partial charge on any atom is -0.449 e. The van der Waals surface area contributed by atoms with Gasteiger partial charge in [-0.15, -0.1) is 0 Å². The minimum atomic E-state index is -3.53. The van der Waals surface area contributed by atoms with Crippen molar-refractivity contribution < 1.29 is 17.9 Å². The van der Waals surface area contributed by atoms with E-state index in [1.54, 1.807) is 0 Å². The zero-order valence-electron chi connectivity index (χ0n) is 13.4. The van der Waals surface area contributed by atoms with Gasteiger partial charge in [-0.05, 0) is 28.7 Å². The Balaban J connectivity index is 1.59. The highest BCUT2D eigenvalue weighted by molar-refractivity contribution is 8.13. The van der Waals surface area contributed by atoms with Crippen molar-refractivity contribution in [3.05, 3.63) is 59.7 Å². The van der Waals surface area contributed by atoms with Gasteiger partial charge in [0.15, 0.2) is 0 Å². The lowest BCUT2D eigenvalue weighted by Gasteiger charge is -2.14. The van der Waals surface area contributed by atoms with E-state index in [0.29, 0.717) is 0 Å². The predicted molar refractivity (Wildman–Crippen MR) is 97.3 cm³/mol. The number of carbonyl (C=O) groups excluding carboxylic acids is 1. The fraction of sp³-hybridized carbons (Fsp3) is 0.278. The molecule has 2 aromatic carbocycles. The smallest absolute Gasteiger partial charge is 0.407 e. The summed E-state index contributed by atoms with van der Waals surface area (Å²) in [5.41, 5.74) is 4.62. The second-order valence-corrected chi connectivity index (χ2v) is 8.75. The minimum absolute atomic E-state index is 0.00127. The lowest BCUT2D eigenvalue weighted by molar-refractivity contribution is 0.143. The summed E-state index contributed by atoms with van der Waals surface area (Å²) in [5.74, 6) is -0.181. The Labute approximate surface area is 151 Å². The molecule has 1 amide bonds. The Morgan fingerprint density at radius 1 is 1.04 bits per heavy atom. The van der Waals surface area contributed by atoms with Gasteiger partial charge in [-0.3, -0.25) is 0 Å². The quantitative estimate of drug-likeness (QED) is 0.616. The molecule has 1 aliphatic carbocycles. The summed E-state index contributed by atoms with van der Waals surface area (Å²) in [6, 6.07) is 16.2. The van der Waals surface area contributed by atoms with Crippen LogP contribution in [0.1, 0.15) is 23.5 Å². The molecular weight excluding hydrogens is 362 g/mol. The first-order chi connectivity index (χ1) is 12.0. The van der Waals surface area contributed by atoms with Gasteiger partial charge in [-0.25, -0.2) is 13.2 Å². The number of halogens is 1. The van der Waals surface area contributed by atoms with Gasteiger partial charge >= 0.3 is 6.09 Å².